The molecule has 0 aromatic heterocycles. The Morgan fingerprint density at radius 1 is 1.50 bits per heavy atom. The van der Waals surface area contributed by atoms with Gasteiger partial charge in [-0.3, -0.25) is 9.69 Å². The number of nitriles is 1. The minimum absolute atomic E-state index is 0.0355. The average molecular weight is 251 g/mol. The smallest absolute Gasteiger partial charge is 0.240 e. The molecule has 0 aliphatic carbocycles. The Bertz CT molecular complexity index is 343. The normalized spacial score (nSPS) is 25.1. The summed E-state index contributed by atoms with van der Waals surface area (Å²) in [6.07, 6.45) is 1.23. The van der Waals surface area contributed by atoms with Crippen molar-refractivity contribution in [2.24, 2.45) is 5.92 Å². The third-order valence-corrected chi connectivity index (χ3v) is 3.72. The Morgan fingerprint density at radius 2 is 2.11 bits per heavy atom. The fraction of sp³-hybridized carbons (Fsp3) is 0.857. The van der Waals surface area contributed by atoms with Crippen molar-refractivity contribution in [3.63, 3.8) is 0 Å². The predicted octanol–water partition coefficient (Wildman–Crippen LogP) is 1.87. The minimum Gasteiger partial charge on any atom is -0.344 e. The lowest BCUT2D eigenvalue weighted by atomic mass is 9.94. The maximum absolute atomic E-state index is 12.3. The molecule has 0 bridgehead atoms. The fourth-order valence-corrected chi connectivity index (χ4v) is 2.56. The van der Waals surface area contributed by atoms with E-state index in [9.17, 15) is 4.79 Å². The SMILES string of the molecule is CC(C)CN1C(CC#N)C(=O)N(C)CCC1(C)C. The quantitative estimate of drug-likeness (QED) is 0.769. The molecule has 0 spiro atoms. The molecular weight excluding hydrogens is 226 g/mol. The summed E-state index contributed by atoms with van der Waals surface area (Å²) in [6, 6.07) is 1.88. The number of hydrogen-bond acceptors (Lipinski definition) is 3. The molecule has 1 saturated heterocycles. The molecule has 1 amide bonds. The monoisotopic (exact) mass is 251 g/mol. The number of nitrogens with zero attached hydrogens (tertiary/aromatic N) is 3. The van der Waals surface area contributed by atoms with Gasteiger partial charge in [-0.1, -0.05) is 13.8 Å². The van der Waals surface area contributed by atoms with E-state index in [1.54, 1.807) is 4.90 Å². The topological polar surface area (TPSA) is 47.3 Å². The Morgan fingerprint density at radius 3 is 2.61 bits per heavy atom. The first-order chi connectivity index (χ1) is 8.29. The number of amides is 1. The molecule has 4 heteroatoms. The molecule has 18 heavy (non-hydrogen) atoms. The third-order valence-electron chi connectivity index (χ3n) is 3.72. The van der Waals surface area contributed by atoms with E-state index in [2.05, 4.69) is 38.7 Å². The molecule has 1 aliphatic heterocycles. The Hall–Kier alpha value is -1.08. The maximum atomic E-state index is 12.3. The van der Waals surface area contributed by atoms with Gasteiger partial charge in [0.15, 0.2) is 0 Å². The highest BCUT2D eigenvalue weighted by atomic mass is 16.2. The van der Waals surface area contributed by atoms with E-state index in [1.165, 1.54) is 0 Å². The molecule has 0 N–H and O–H groups in total. The van der Waals surface area contributed by atoms with Gasteiger partial charge in [0, 0.05) is 25.7 Å². The van der Waals surface area contributed by atoms with Crippen molar-refractivity contribution in [3.05, 3.63) is 0 Å². The van der Waals surface area contributed by atoms with Crippen LogP contribution in [-0.2, 0) is 4.79 Å². The lowest BCUT2D eigenvalue weighted by Crippen LogP contribution is -2.53. The van der Waals surface area contributed by atoms with Crippen LogP contribution in [0.3, 0.4) is 0 Å². The Labute approximate surface area is 111 Å². The van der Waals surface area contributed by atoms with Gasteiger partial charge in [-0.25, -0.2) is 0 Å². The molecule has 4 nitrogen and oxygen atoms in total. The number of rotatable bonds is 3. The molecule has 0 aromatic rings. The molecule has 0 saturated carbocycles. The second-order valence-corrected chi connectivity index (χ2v) is 6.25. The maximum Gasteiger partial charge on any atom is 0.240 e. The van der Waals surface area contributed by atoms with Crippen LogP contribution in [0.25, 0.3) is 0 Å². The highest BCUT2D eigenvalue weighted by Gasteiger charge is 2.40. The fourth-order valence-electron chi connectivity index (χ4n) is 2.56. The van der Waals surface area contributed by atoms with Gasteiger partial charge >= 0.3 is 0 Å². The van der Waals surface area contributed by atoms with Crippen LogP contribution in [-0.4, -0.2) is 47.4 Å². The van der Waals surface area contributed by atoms with E-state index < -0.39 is 0 Å². The summed E-state index contributed by atoms with van der Waals surface area (Å²) >= 11 is 0. The van der Waals surface area contributed by atoms with Crippen molar-refractivity contribution in [1.82, 2.24) is 9.80 Å². The Balaban J connectivity index is 3.07. The number of likely N-dealkylation sites (N-methyl/N-ethyl adjacent to an activating group) is 1. The van der Waals surface area contributed by atoms with Crippen molar-refractivity contribution in [3.8, 4) is 6.07 Å². The van der Waals surface area contributed by atoms with Gasteiger partial charge in [-0.15, -0.1) is 0 Å². The van der Waals surface area contributed by atoms with Crippen molar-refractivity contribution < 1.29 is 4.79 Å². The van der Waals surface area contributed by atoms with Crippen molar-refractivity contribution in [1.29, 1.82) is 5.26 Å². The largest absolute Gasteiger partial charge is 0.344 e. The van der Waals surface area contributed by atoms with Crippen LogP contribution < -0.4 is 0 Å². The minimum atomic E-state index is -0.292. The van der Waals surface area contributed by atoms with E-state index in [0.717, 1.165) is 19.5 Å². The number of carbonyl (C=O) groups is 1. The first-order valence-corrected chi connectivity index (χ1v) is 6.68. The first-order valence-electron chi connectivity index (χ1n) is 6.68. The molecule has 1 atom stereocenters. The van der Waals surface area contributed by atoms with Crippen LogP contribution in [0.15, 0.2) is 0 Å². The van der Waals surface area contributed by atoms with Gasteiger partial charge < -0.3 is 4.90 Å². The van der Waals surface area contributed by atoms with Gasteiger partial charge in [-0.05, 0) is 26.2 Å². The van der Waals surface area contributed by atoms with Gasteiger partial charge in [0.1, 0.15) is 6.04 Å². The number of hydrogen-bond donors (Lipinski definition) is 0. The molecule has 1 aliphatic rings. The summed E-state index contributed by atoms with van der Waals surface area (Å²) in [5, 5.41) is 8.99. The zero-order valence-corrected chi connectivity index (χ0v) is 12.2. The van der Waals surface area contributed by atoms with Crippen LogP contribution in [0.4, 0.5) is 0 Å². The lowest BCUT2D eigenvalue weighted by Gasteiger charge is -2.41. The molecule has 102 valence electrons. The second-order valence-electron chi connectivity index (χ2n) is 6.25. The van der Waals surface area contributed by atoms with Gasteiger partial charge in [0.05, 0.1) is 12.5 Å². The highest BCUT2D eigenvalue weighted by molar-refractivity contribution is 5.82. The van der Waals surface area contributed by atoms with E-state index in [0.29, 0.717) is 5.92 Å². The van der Waals surface area contributed by atoms with Crippen LogP contribution in [0.5, 0.6) is 0 Å². The average Bonchev–Trinajstić information content (AvgIpc) is 2.34. The molecule has 0 aromatic carbocycles. The van der Waals surface area contributed by atoms with Gasteiger partial charge in [0.25, 0.3) is 0 Å². The summed E-state index contributed by atoms with van der Waals surface area (Å²) < 4.78 is 0. The summed E-state index contributed by atoms with van der Waals surface area (Å²) in [5.74, 6) is 0.574. The molecule has 0 radical (unpaired) electrons. The highest BCUT2D eigenvalue weighted by Crippen LogP contribution is 2.28. The second kappa shape index (κ2) is 5.71. The summed E-state index contributed by atoms with van der Waals surface area (Å²) in [5.41, 5.74) is -0.0355. The van der Waals surface area contributed by atoms with Crippen molar-refractivity contribution in [2.45, 2.75) is 52.1 Å². The first kappa shape index (κ1) is 15.0. The van der Waals surface area contributed by atoms with E-state index >= 15 is 0 Å². The van der Waals surface area contributed by atoms with E-state index in [-0.39, 0.29) is 23.9 Å². The van der Waals surface area contributed by atoms with E-state index in [4.69, 9.17) is 5.26 Å². The molecular formula is C14H25N3O. The van der Waals surface area contributed by atoms with E-state index in [1.807, 2.05) is 7.05 Å². The summed E-state index contributed by atoms with van der Waals surface area (Å²) in [4.78, 5) is 16.3. The lowest BCUT2D eigenvalue weighted by molar-refractivity contribution is -0.135. The molecule has 1 rings (SSSR count). The van der Waals surface area contributed by atoms with Crippen molar-refractivity contribution >= 4 is 5.91 Å². The Kier molecular flexibility index (Phi) is 4.75. The zero-order chi connectivity index (χ0) is 13.9. The van der Waals surface area contributed by atoms with Gasteiger partial charge in [-0.2, -0.15) is 5.26 Å². The van der Waals surface area contributed by atoms with Crippen molar-refractivity contribution in [2.75, 3.05) is 20.1 Å². The summed E-state index contributed by atoms with van der Waals surface area (Å²) in [7, 11) is 1.83. The van der Waals surface area contributed by atoms with Crippen LogP contribution in [0.2, 0.25) is 0 Å². The molecule has 1 unspecified atom stereocenters. The van der Waals surface area contributed by atoms with Gasteiger partial charge in [0.2, 0.25) is 5.91 Å². The predicted molar refractivity (Wildman–Crippen MR) is 71.9 cm³/mol. The van der Waals surface area contributed by atoms with Crippen LogP contribution in [0, 0.1) is 17.2 Å². The zero-order valence-electron chi connectivity index (χ0n) is 12.2. The number of carbonyl (C=O) groups excluding carboxylic acids is 1. The molecule has 1 fully saturated rings. The van der Waals surface area contributed by atoms with Crippen LogP contribution in [0.1, 0.15) is 40.5 Å². The summed E-state index contributed by atoms with van der Waals surface area (Å²) in [6.45, 7) is 10.3. The van der Waals surface area contributed by atoms with Crippen LogP contribution >= 0.6 is 0 Å². The third kappa shape index (κ3) is 3.23. The molecule has 1 heterocycles. The standard InChI is InChI=1S/C14H25N3O/c1-11(2)10-17-12(6-8-15)13(18)16(5)9-7-14(17,3)4/h11-12H,6-7,9-10H2,1-5H3.